The van der Waals surface area contributed by atoms with E-state index in [1.807, 2.05) is 0 Å². The molecule has 8 heteroatoms. The minimum Gasteiger partial charge on any atom is -0.478 e. The summed E-state index contributed by atoms with van der Waals surface area (Å²) >= 11 is 0. The molecule has 2 amide bonds. The number of amides is 2. The lowest BCUT2D eigenvalue weighted by Crippen LogP contribution is -2.31. The number of carboxylic acid groups (broad SMARTS) is 1. The zero-order valence-electron chi connectivity index (χ0n) is 12.7. The Hall–Kier alpha value is -3.81. The van der Waals surface area contributed by atoms with E-state index in [4.69, 9.17) is 0 Å². The Morgan fingerprint density at radius 1 is 0.920 bits per heavy atom. The van der Waals surface area contributed by atoms with Crippen LogP contribution in [0.3, 0.4) is 0 Å². The van der Waals surface area contributed by atoms with Crippen molar-refractivity contribution in [3.8, 4) is 5.69 Å². The third-order valence-electron chi connectivity index (χ3n) is 3.96. The first-order valence-corrected chi connectivity index (χ1v) is 7.28. The average molecular weight is 334 g/mol. The van der Waals surface area contributed by atoms with Crippen LogP contribution >= 0.6 is 0 Å². The van der Waals surface area contributed by atoms with Crippen molar-refractivity contribution in [2.24, 2.45) is 0 Å². The predicted molar refractivity (Wildman–Crippen MR) is 85.9 cm³/mol. The summed E-state index contributed by atoms with van der Waals surface area (Å²) in [6.07, 6.45) is 2.86. The van der Waals surface area contributed by atoms with Gasteiger partial charge in [0.25, 0.3) is 11.8 Å². The Kier molecular flexibility index (Phi) is 3.17. The van der Waals surface area contributed by atoms with Crippen molar-refractivity contribution in [2.45, 2.75) is 0 Å². The SMILES string of the molecule is O=C(O)c1ccc(-n2cnnc2)cc1N1C(=O)c2ccccc2C1=O. The standard InChI is InChI=1S/C17H10N4O4/c22-15-11-3-1-2-4-12(11)16(23)21(15)14-7-10(20-8-18-19-9-20)5-6-13(14)17(24)25/h1-9H,(H,24,25). The highest BCUT2D eigenvalue weighted by Gasteiger charge is 2.38. The van der Waals surface area contributed by atoms with E-state index in [2.05, 4.69) is 10.2 Å². The highest BCUT2D eigenvalue weighted by Crippen LogP contribution is 2.32. The minimum absolute atomic E-state index is 0.00454. The number of rotatable bonds is 3. The summed E-state index contributed by atoms with van der Waals surface area (Å²) in [5.74, 6) is -2.34. The summed E-state index contributed by atoms with van der Waals surface area (Å²) in [5, 5.41) is 16.8. The first-order valence-electron chi connectivity index (χ1n) is 7.28. The smallest absolute Gasteiger partial charge is 0.337 e. The van der Waals surface area contributed by atoms with Crippen LogP contribution in [-0.2, 0) is 0 Å². The van der Waals surface area contributed by atoms with Crippen LogP contribution in [0, 0.1) is 0 Å². The monoisotopic (exact) mass is 334 g/mol. The normalized spacial score (nSPS) is 13.2. The Balaban J connectivity index is 1.90. The van der Waals surface area contributed by atoms with Crippen LogP contribution in [0.4, 0.5) is 5.69 Å². The molecule has 1 aromatic heterocycles. The molecule has 0 unspecified atom stereocenters. The van der Waals surface area contributed by atoms with E-state index in [1.165, 1.54) is 24.8 Å². The van der Waals surface area contributed by atoms with Crippen molar-refractivity contribution in [2.75, 3.05) is 4.90 Å². The van der Waals surface area contributed by atoms with Crippen LogP contribution in [0.25, 0.3) is 5.69 Å². The number of carbonyl (C=O) groups is 3. The second-order valence-corrected chi connectivity index (χ2v) is 5.37. The molecule has 1 N–H and O–H groups in total. The fraction of sp³-hybridized carbons (Fsp3) is 0. The number of benzene rings is 2. The second kappa shape index (κ2) is 5.38. The van der Waals surface area contributed by atoms with Gasteiger partial charge < -0.3 is 5.11 Å². The first kappa shape index (κ1) is 14.8. The fourth-order valence-electron chi connectivity index (χ4n) is 2.79. The van der Waals surface area contributed by atoms with Gasteiger partial charge in [-0.15, -0.1) is 10.2 Å². The van der Waals surface area contributed by atoms with Gasteiger partial charge in [-0.2, -0.15) is 0 Å². The lowest BCUT2D eigenvalue weighted by molar-refractivity contribution is 0.0698. The number of aromatic nitrogens is 3. The number of hydrogen-bond acceptors (Lipinski definition) is 5. The number of fused-ring (bicyclic) bond motifs is 1. The summed E-state index contributed by atoms with van der Waals surface area (Å²) in [4.78, 5) is 37.8. The van der Waals surface area contributed by atoms with Crippen LogP contribution in [0.1, 0.15) is 31.1 Å². The molecule has 0 spiro atoms. The molecule has 4 rings (SSSR count). The number of nitrogens with zero attached hydrogens (tertiary/aromatic N) is 4. The lowest BCUT2D eigenvalue weighted by atomic mass is 10.1. The summed E-state index contributed by atoms with van der Waals surface area (Å²) < 4.78 is 1.55. The quantitative estimate of drug-likeness (QED) is 0.732. The Morgan fingerprint density at radius 2 is 1.52 bits per heavy atom. The number of carboxylic acids is 1. The van der Waals surface area contributed by atoms with Crippen molar-refractivity contribution in [3.63, 3.8) is 0 Å². The summed E-state index contributed by atoms with van der Waals surface area (Å²) in [6, 6.07) is 10.7. The molecule has 1 aliphatic heterocycles. The van der Waals surface area contributed by atoms with Gasteiger partial charge in [0.2, 0.25) is 0 Å². The third-order valence-corrected chi connectivity index (χ3v) is 3.96. The molecule has 0 atom stereocenters. The molecule has 0 saturated carbocycles. The second-order valence-electron chi connectivity index (χ2n) is 5.37. The lowest BCUT2D eigenvalue weighted by Gasteiger charge is -2.17. The maximum Gasteiger partial charge on any atom is 0.337 e. The van der Waals surface area contributed by atoms with Crippen LogP contribution < -0.4 is 4.90 Å². The van der Waals surface area contributed by atoms with Crippen molar-refractivity contribution < 1.29 is 19.5 Å². The topological polar surface area (TPSA) is 105 Å². The largest absolute Gasteiger partial charge is 0.478 e. The summed E-state index contributed by atoms with van der Waals surface area (Å²) in [7, 11) is 0. The van der Waals surface area contributed by atoms with Gasteiger partial charge in [-0.3, -0.25) is 14.2 Å². The number of anilines is 1. The molecule has 122 valence electrons. The van der Waals surface area contributed by atoms with Crippen LogP contribution in [-0.4, -0.2) is 37.7 Å². The maximum atomic E-state index is 12.7. The van der Waals surface area contributed by atoms with Crippen LogP contribution in [0.15, 0.2) is 55.1 Å². The van der Waals surface area contributed by atoms with Gasteiger partial charge in [-0.25, -0.2) is 9.69 Å². The van der Waals surface area contributed by atoms with E-state index >= 15 is 0 Å². The molecule has 1 aliphatic rings. The van der Waals surface area contributed by atoms with Crippen LogP contribution in [0.5, 0.6) is 0 Å². The number of carbonyl (C=O) groups excluding carboxylic acids is 2. The summed E-state index contributed by atoms with van der Waals surface area (Å²) in [5.41, 5.74) is 0.884. The minimum atomic E-state index is -1.23. The molecular weight excluding hydrogens is 324 g/mol. The van der Waals surface area contributed by atoms with Gasteiger partial charge in [0.05, 0.1) is 28.1 Å². The van der Waals surface area contributed by atoms with Crippen LogP contribution in [0.2, 0.25) is 0 Å². The molecular formula is C17H10N4O4. The molecule has 0 aliphatic carbocycles. The third kappa shape index (κ3) is 2.19. The Morgan fingerprint density at radius 3 is 2.08 bits per heavy atom. The molecule has 3 aromatic rings. The highest BCUT2D eigenvalue weighted by atomic mass is 16.4. The van der Waals surface area contributed by atoms with Crippen molar-refractivity contribution in [1.82, 2.24) is 14.8 Å². The predicted octanol–water partition coefficient (Wildman–Crippen LogP) is 1.77. The molecule has 8 nitrogen and oxygen atoms in total. The molecule has 0 saturated heterocycles. The number of hydrogen-bond donors (Lipinski definition) is 1. The van der Waals surface area contributed by atoms with E-state index < -0.39 is 17.8 Å². The van der Waals surface area contributed by atoms with Gasteiger partial charge in [-0.05, 0) is 30.3 Å². The van der Waals surface area contributed by atoms with Gasteiger partial charge in [0.15, 0.2) is 0 Å². The average Bonchev–Trinajstić information content (AvgIpc) is 3.23. The first-order chi connectivity index (χ1) is 12.1. The van der Waals surface area contributed by atoms with E-state index in [0.717, 1.165) is 4.90 Å². The van der Waals surface area contributed by atoms with E-state index in [1.54, 1.807) is 34.9 Å². The van der Waals surface area contributed by atoms with Crippen molar-refractivity contribution in [3.05, 3.63) is 71.8 Å². The zero-order chi connectivity index (χ0) is 17.6. The molecule has 25 heavy (non-hydrogen) atoms. The molecule has 0 fully saturated rings. The number of imide groups is 1. The fourth-order valence-corrected chi connectivity index (χ4v) is 2.79. The molecule has 0 bridgehead atoms. The maximum absolute atomic E-state index is 12.7. The van der Waals surface area contributed by atoms with E-state index in [0.29, 0.717) is 5.69 Å². The zero-order valence-corrected chi connectivity index (χ0v) is 12.7. The van der Waals surface area contributed by atoms with Gasteiger partial charge in [-0.1, -0.05) is 12.1 Å². The highest BCUT2D eigenvalue weighted by molar-refractivity contribution is 6.35. The Bertz CT molecular complexity index is 992. The molecule has 2 heterocycles. The van der Waals surface area contributed by atoms with Gasteiger partial charge >= 0.3 is 5.97 Å². The summed E-state index contributed by atoms with van der Waals surface area (Å²) in [6.45, 7) is 0. The molecule has 0 radical (unpaired) electrons. The van der Waals surface area contributed by atoms with Gasteiger partial charge in [0, 0.05) is 0 Å². The van der Waals surface area contributed by atoms with Crippen molar-refractivity contribution >= 4 is 23.5 Å². The van der Waals surface area contributed by atoms with E-state index in [9.17, 15) is 19.5 Å². The molecule has 2 aromatic carbocycles. The van der Waals surface area contributed by atoms with E-state index in [-0.39, 0.29) is 22.4 Å². The van der Waals surface area contributed by atoms with Crippen molar-refractivity contribution in [1.29, 1.82) is 0 Å². The number of aromatic carboxylic acids is 1. The Labute approximate surface area is 141 Å². The van der Waals surface area contributed by atoms with Gasteiger partial charge in [0.1, 0.15) is 12.7 Å².